The topological polar surface area (TPSA) is 17.1 Å². The van der Waals surface area contributed by atoms with E-state index in [2.05, 4.69) is 39.8 Å². The van der Waals surface area contributed by atoms with Crippen molar-refractivity contribution in [1.29, 1.82) is 0 Å². The van der Waals surface area contributed by atoms with Gasteiger partial charge in [0.15, 0.2) is 0 Å². The number of hydrogen-bond donors (Lipinski definition) is 0. The van der Waals surface area contributed by atoms with Gasteiger partial charge in [0.25, 0.3) is 0 Å². The number of Topliss-reactive ketones (excluding diaryl/α,β-unsaturated/α-hetero) is 1. The molecular formula is C20H30O. The van der Waals surface area contributed by atoms with Gasteiger partial charge in [-0.2, -0.15) is 0 Å². The van der Waals surface area contributed by atoms with Crippen LogP contribution < -0.4 is 0 Å². The molecule has 1 spiro atoms. The van der Waals surface area contributed by atoms with E-state index < -0.39 is 0 Å². The molecule has 0 unspecified atom stereocenters. The highest BCUT2D eigenvalue weighted by Crippen LogP contribution is 2.70. The van der Waals surface area contributed by atoms with Gasteiger partial charge < -0.3 is 0 Å². The van der Waals surface area contributed by atoms with Gasteiger partial charge >= 0.3 is 0 Å². The minimum absolute atomic E-state index is 0.0916. The number of carbonyl (C=O) groups excluding carboxylic acids is 1. The molecule has 0 aromatic carbocycles. The lowest BCUT2D eigenvalue weighted by Gasteiger charge is -2.63. The summed E-state index contributed by atoms with van der Waals surface area (Å²) in [5.41, 5.74) is 0.935. The first kappa shape index (κ1) is 14.0. The lowest BCUT2D eigenvalue weighted by molar-refractivity contribution is -0.167. The molecular weight excluding hydrogens is 256 g/mol. The Morgan fingerprint density at radius 3 is 2.52 bits per heavy atom. The number of carbonyl (C=O) groups is 1. The average molecular weight is 286 g/mol. The van der Waals surface area contributed by atoms with E-state index in [1.54, 1.807) is 0 Å². The van der Waals surface area contributed by atoms with Crippen molar-refractivity contribution in [2.45, 2.75) is 72.6 Å². The van der Waals surface area contributed by atoms with E-state index in [0.29, 0.717) is 33.9 Å². The smallest absolute Gasteiger partial charge is 0.143 e. The summed E-state index contributed by atoms with van der Waals surface area (Å²) in [5, 5.41) is 0. The lowest BCUT2D eigenvalue weighted by Crippen LogP contribution is -2.60. The zero-order chi connectivity index (χ0) is 15.1. The SMILES string of the molecule is CC1(C)CCC[C@]2(C)[C@@H]1CC(=O)[C@@]13C=C[C@@](C)(CC[C@@H]21)C3. The maximum absolute atomic E-state index is 13.2. The van der Waals surface area contributed by atoms with E-state index in [9.17, 15) is 4.79 Å². The molecule has 3 fully saturated rings. The van der Waals surface area contributed by atoms with Gasteiger partial charge in [-0.1, -0.05) is 46.3 Å². The second-order valence-corrected chi connectivity index (χ2v) is 9.82. The summed E-state index contributed by atoms with van der Waals surface area (Å²) in [7, 11) is 0. The summed E-state index contributed by atoms with van der Waals surface area (Å²) in [6.07, 6.45) is 13.2. The van der Waals surface area contributed by atoms with Crippen LogP contribution in [0.4, 0.5) is 0 Å². The maximum atomic E-state index is 13.2. The monoisotopic (exact) mass is 286 g/mol. The number of fused-ring (bicyclic) bond motifs is 3. The summed E-state index contributed by atoms with van der Waals surface area (Å²) in [6.45, 7) is 9.72. The summed E-state index contributed by atoms with van der Waals surface area (Å²) >= 11 is 0. The zero-order valence-electron chi connectivity index (χ0n) is 14.2. The number of rotatable bonds is 0. The predicted molar refractivity (Wildman–Crippen MR) is 85.9 cm³/mol. The average Bonchev–Trinajstić information content (AvgIpc) is 2.65. The number of ketones is 1. The van der Waals surface area contributed by atoms with E-state index in [1.165, 1.54) is 32.1 Å². The van der Waals surface area contributed by atoms with Gasteiger partial charge in [-0.3, -0.25) is 4.79 Å². The minimum atomic E-state index is -0.0916. The number of hydrogen-bond acceptors (Lipinski definition) is 1. The molecule has 0 aromatic rings. The molecule has 0 amide bonds. The standard InChI is InChI=1S/C20H30O/c1-17(2)7-5-8-19(4)14-6-9-18(3)10-11-20(14,13-18)16(21)12-15(17)19/h10-11,14-15H,5-9,12-13H2,1-4H3/t14-,15+,18+,19-,20+/m0/s1. The molecule has 0 heterocycles. The summed E-state index contributed by atoms with van der Waals surface area (Å²) in [6, 6.07) is 0. The first-order chi connectivity index (χ1) is 9.72. The Morgan fingerprint density at radius 1 is 1.00 bits per heavy atom. The minimum Gasteiger partial charge on any atom is -0.299 e. The van der Waals surface area contributed by atoms with E-state index >= 15 is 0 Å². The summed E-state index contributed by atoms with van der Waals surface area (Å²) < 4.78 is 0. The molecule has 116 valence electrons. The Labute approximate surface area is 129 Å². The van der Waals surface area contributed by atoms with Crippen LogP contribution in [0, 0.1) is 33.5 Å². The van der Waals surface area contributed by atoms with Crippen molar-refractivity contribution in [1.82, 2.24) is 0 Å². The molecule has 4 rings (SSSR count). The van der Waals surface area contributed by atoms with Crippen molar-refractivity contribution in [2.24, 2.45) is 33.5 Å². The molecule has 5 atom stereocenters. The molecule has 2 bridgehead atoms. The van der Waals surface area contributed by atoms with E-state index in [4.69, 9.17) is 0 Å². The van der Waals surface area contributed by atoms with Gasteiger partial charge in [0, 0.05) is 6.42 Å². The van der Waals surface area contributed by atoms with Crippen molar-refractivity contribution in [3.8, 4) is 0 Å². The van der Waals surface area contributed by atoms with Crippen LogP contribution in [0.25, 0.3) is 0 Å². The van der Waals surface area contributed by atoms with Crippen molar-refractivity contribution in [3.05, 3.63) is 12.2 Å². The highest BCUT2D eigenvalue weighted by atomic mass is 16.1. The Bertz CT molecular complexity index is 530. The molecule has 1 heteroatoms. The van der Waals surface area contributed by atoms with Gasteiger partial charge in [-0.15, -0.1) is 0 Å². The number of allylic oxidation sites excluding steroid dienone is 2. The fraction of sp³-hybridized carbons (Fsp3) is 0.850. The molecule has 1 nitrogen and oxygen atoms in total. The largest absolute Gasteiger partial charge is 0.299 e. The Kier molecular flexibility index (Phi) is 2.56. The first-order valence-corrected chi connectivity index (χ1v) is 8.96. The molecule has 3 saturated carbocycles. The van der Waals surface area contributed by atoms with Crippen molar-refractivity contribution < 1.29 is 4.79 Å². The highest BCUT2D eigenvalue weighted by Gasteiger charge is 2.66. The van der Waals surface area contributed by atoms with Crippen LogP contribution in [0.5, 0.6) is 0 Å². The predicted octanol–water partition coefficient (Wildman–Crippen LogP) is 5.15. The lowest BCUT2D eigenvalue weighted by atomic mass is 9.40. The van der Waals surface area contributed by atoms with Crippen molar-refractivity contribution >= 4 is 5.78 Å². The molecule has 21 heavy (non-hydrogen) atoms. The molecule has 4 aliphatic rings. The first-order valence-electron chi connectivity index (χ1n) is 8.96. The van der Waals surface area contributed by atoms with Crippen LogP contribution in [-0.4, -0.2) is 5.78 Å². The van der Waals surface area contributed by atoms with Crippen molar-refractivity contribution in [3.63, 3.8) is 0 Å². The Balaban J connectivity index is 1.81. The fourth-order valence-corrected chi connectivity index (χ4v) is 7.05. The van der Waals surface area contributed by atoms with Gasteiger partial charge in [0.2, 0.25) is 0 Å². The van der Waals surface area contributed by atoms with Crippen LogP contribution >= 0.6 is 0 Å². The van der Waals surface area contributed by atoms with E-state index in [-0.39, 0.29) is 5.41 Å². The van der Waals surface area contributed by atoms with Gasteiger partial charge in [0.1, 0.15) is 5.78 Å². The third-order valence-electron chi connectivity index (χ3n) is 8.09. The Hall–Kier alpha value is -0.590. The van der Waals surface area contributed by atoms with Gasteiger partial charge in [-0.25, -0.2) is 0 Å². The quantitative estimate of drug-likeness (QED) is 0.562. The third-order valence-corrected chi connectivity index (χ3v) is 8.09. The normalized spacial score (nSPS) is 54.2. The van der Waals surface area contributed by atoms with Crippen LogP contribution in [0.15, 0.2) is 12.2 Å². The van der Waals surface area contributed by atoms with Crippen LogP contribution in [0.2, 0.25) is 0 Å². The molecule has 0 N–H and O–H groups in total. The Morgan fingerprint density at radius 2 is 1.76 bits per heavy atom. The van der Waals surface area contributed by atoms with Crippen LogP contribution in [0.3, 0.4) is 0 Å². The molecule has 0 radical (unpaired) electrons. The van der Waals surface area contributed by atoms with E-state index in [0.717, 1.165) is 12.8 Å². The molecule has 0 saturated heterocycles. The third kappa shape index (κ3) is 1.61. The fourth-order valence-electron chi connectivity index (χ4n) is 7.05. The zero-order valence-corrected chi connectivity index (χ0v) is 14.2. The molecule has 0 aliphatic heterocycles. The summed E-state index contributed by atoms with van der Waals surface area (Å²) in [5.74, 6) is 1.77. The highest BCUT2D eigenvalue weighted by molar-refractivity contribution is 5.89. The summed E-state index contributed by atoms with van der Waals surface area (Å²) in [4.78, 5) is 13.2. The van der Waals surface area contributed by atoms with Crippen LogP contribution in [-0.2, 0) is 4.79 Å². The molecule has 4 aliphatic carbocycles. The second-order valence-electron chi connectivity index (χ2n) is 9.82. The second kappa shape index (κ2) is 3.84. The van der Waals surface area contributed by atoms with Crippen LogP contribution in [0.1, 0.15) is 72.6 Å². The maximum Gasteiger partial charge on any atom is 0.143 e. The van der Waals surface area contributed by atoms with Gasteiger partial charge in [0.05, 0.1) is 5.41 Å². The van der Waals surface area contributed by atoms with E-state index in [1.807, 2.05) is 0 Å². The van der Waals surface area contributed by atoms with Crippen molar-refractivity contribution in [2.75, 3.05) is 0 Å². The molecule has 0 aromatic heterocycles. The van der Waals surface area contributed by atoms with Gasteiger partial charge in [-0.05, 0) is 60.2 Å².